The lowest BCUT2D eigenvalue weighted by molar-refractivity contribution is -0.273. The van der Waals surface area contributed by atoms with E-state index >= 15 is 0 Å². The molecule has 0 aromatic carbocycles. The smallest absolute Gasteiger partial charge is 0.297 e. The number of allylic oxidation sites excluding steroid dienone is 1. The van der Waals surface area contributed by atoms with Crippen molar-refractivity contribution in [2.24, 2.45) is 0 Å². The summed E-state index contributed by atoms with van der Waals surface area (Å²) in [7, 11) is 0. The van der Waals surface area contributed by atoms with Crippen molar-refractivity contribution in [3.63, 3.8) is 0 Å². The van der Waals surface area contributed by atoms with E-state index in [-0.39, 0.29) is 12.4 Å². The molecule has 0 aromatic heterocycles. The quantitative estimate of drug-likeness (QED) is 0.368. The normalized spacial score (nSPS) is 9.89. The predicted molar refractivity (Wildman–Crippen MR) is 36.1 cm³/mol. The van der Waals surface area contributed by atoms with Gasteiger partial charge in [0.1, 0.15) is 0 Å². The van der Waals surface area contributed by atoms with Gasteiger partial charge in [-0.1, -0.05) is 5.57 Å². The van der Waals surface area contributed by atoms with Crippen LogP contribution in [0.5, 0.6) is 0 Å². The van der Waals surface area contributed by atoms with E-state index in [1.54, 1.807) is 13.8 Å². The van der Waals surface area contributed by atoms with E-state index in [0.29, 0.717) is 5.57 Å². The Balaban J connectivity index is 0. The van der Waals surface area contributed by atoms with Crippen molar-refractivity contribution in [2.45, 2.75) is 19.8 Å². The molecule has 0 heterocycles. The third-order valence-electron chi connectivity index (χ3n) is 0.482. The van der Waals surface area contributed by atoms with Crippen molar-refractivity contribution in [1.82, 2.24) is 0 Å². The number of rotatable bonds is 1. The summed E-state index contributed by atoms with van der Waals surface area (Å²) in [5, 5.41) is 24.7. The first-order valence-corrected chi connectivity index (χ1v) is 2.25. The van der Waals surface area contributed by atoms with Crippen LogP contribution in [0.4, 0.5) is 0 Å². The molecule has 0 aliphatic rings. The predicted octanol–water partition coefficient (Wildman–Crippen LogP) is 0.00510. The fraction of sp³-hybridized carbons (Fsp3) is 0.600. The second-order valence-corrected chi connectivity index (χ2v) is 1.91. The molecule has 0 aromatic rings. The molecule has 0 spiro atoms. The summed E-state index contributed by atoms with van der Waals surface area (Å²) in [6.07, 6.45) is 0.938. The SMILES string of the molecule is CC(C)=CC(O)(O)O.Cl. The van der Waals surface area contributed by atoms with Crippen LogP contribution in [0.1, 0.15) is 13.8 Å². The molecule has 0 amide bonds. The van der Waals surface area contributed by atoms with Crippen LogP contribution in [-0.4, -0.2) is 21.3 Å². The highest BCUT2D eigenvalue weighted by atomic mass is 35.5. The zero-order valence-electron chi connectivity index (χ0n) is 5.33. The highest BCUT2D eigenvalue weighted by molar-refractivity contribution is 5.85. The average Bonchev–Trinajstić information content (AvgIpc) is 1.21. The van der Waals surface area contributed by atoms with Gasteiger partial charge in [-0.15, -0.1) is 12.4 Å². The molecule has 9 heavy (non-hydrogen) atoms. The molecule has 3 N–H and O–H groups in total. The van der Waals surface area contributed by atoms with E-state index in [2.05, 4.69) is 0 Å². The van der Waals surface area contributed by atoms with Crippen LogP contribution in [0.2, 0.25) is 0 Å². The van der Waals surface area contributed by atoms with Crippen molar-refractivity contribution < 1.29 is 15.3 Å². The number of halogens is 1. The Hall–Kier alpha value is -0.0900. The van der Waals surface area contributed by atoms with Gasteiger partial charge in [-0.25, -0.2) is 0 Å². The molecule has 0 unspecified atom stereocenters. The Bertz CT molecular complexity index is 99.3. The Morgan fingerprint density at radius 3 is 1.56 bits per heavy atom. The molecular formula is C5H11ClO3. The molecule has 0 saturated heterocycles. The zero-order chi connectivity index (χ0) is 6.78. The summed E-state index contributed by atoms with van der Waals surface area (Å²) in [5.74, 6) is -2.64. The Morgan fingerprint density at radius 1 is 1.22 bits per heavy atom. The van der Waals surface area contributed by atoms with Crippen LogP contribution in [0.25, 0.3) is 0 Å². The lowest BCUT2D eigenvalue weighted by atomic mass is 10.3. The van der Waals surface area contributed by atoms with Gasteiger partial charge in [-0.3, -0.25) is 0 Å². The average molecular weight is 155 g/mol. The lowest BCUT2D eigenvalue weighted by Gasteiger charge is -2.07. The minimum absolute atomic E-state index is 0. The van der Waals surface area contributed by atoms with Gasteiger partial charge >= 0.3 is 0 Å². The molecule has 0 fully saturated rings. The molecule has 0 atom stereocenters. The highest BCUT2D eigenvalue weighted by Gasteiger charge is 2.11. The van der Waals surface area contributed by atoms with E-state index < -0.39 is 5.97 Å². The summed E-state index contributed by atoms with van der Waals surface area (Å²) in [6.45, 7) is 3.30. The van der Waals surface area contributed by atoms with Crippen molar-refractivity contribution in [3.05, 3.63) is 11.6 Å². The Labute approximate surface area is 60.0 Å². The van der Waals surface area contributed by atoms with Gasteiger partial charge in [0, 0.05) is 6.08 Å². The van der Waals surface area contributed by atoms with Gasteiger partial charge in [0.15, 0.2) is 0 Å². The maximum Gasteiger partial charge on any atom is 0.297 e. The largest absolute Gasteiger partial charge is 0.340 e. The molecule has 0 rings (SSSR count). The van der Waals surface area contributed by atoms with E-state index in [1.165, 1.54) is 0 Å². The van der Waals surface area contributed by atoms with E-state index in [0.717, 1.165) is 6.08 Å². The molecule has 56 valence electrons. The fourth-order valence-corrected chi connectivity index (χ4v) is 0.387. The monoisotopic (exact) mass is 154 g/mol. The minimum atomic E-state index is -2.64. The molecule has 0 aliphatic heterocycles. The third kappa shape index (κ3) is 11.5. The minimum Gasteiger partial charge on any atom is -0.340 e. The summed E-state index contributed by atoms with van der Waals surface area (Å²) in [5.41, 5.74) is 0.650. The van der Waals surface area contributed by atoms with Gasteiger partial charge in [0.2, 0.25) is 0 Å². The van der Waals surface area contributed by atoms with Gasteiger partial charge < -0.3 is 15.3 Å². The maximum absolute atomic E-state index is 8.22. The third-order valence-corrected chi connectivity index (χ3v) is 0.482. The van der Waals surface area contributed by atoms with Crippen LogP contribution in [0.3, 0.4) is 0 Å². The second-order valence-electron chi connectivity index (χ2n) is 1.91. The molecule has 0 saturated carbocycles. The number of hydrogen-bond acceptors (Lipinski definition) is 3. The van der Waals surface area contributed by atoms with E-state index in [9.17, 15) is 0 Å². The van der Waals surface area contributed by atoms with Gasteiger partial charge in [0.25, 0.3) is 5.97 Å². The van der Waals surface area contributed by atoms with E-state index in [4.69, 9.17) is 15.3 Å². The maximum atomic E-state index is 8.22. The second kappa shape index (κ2) is 3.85. The standard InChI is InChI=1S/C5H10O3.ClH/c1-4(2)3-5(6,7)8;/h3,6-8H,1-2H3;1H. The number of hydrogen-bond donors (Lipinski definition) is 3. The molecule has 0 aliphatic carbocycles. The molecule has 3 nitrogen and oxygen atoms in total. The first kappa shape index (κ1) is 11.7. The van der Waals surface area contributed by atoms with Crippen LogP contribution in [0.15, 0.2) is 11.6 Å². The Morgan fingerprint density at radius 2 is 1.56 bits per heavy atom. The topological polar surface area (TPSA) is 60.7 Å². The molecular weight excluding hydrogens is 144 g/mol. The van der Waals surface area contributed by atoms with Gasteiger partial charge in [0.05, 0.1) is 0 Å². The molecule has 4 heteroatoms. The van der Waals surface area contributed by atoms with Crippen LogP contribution in [0, 0.1) is 0 Å². The van der Waals surface area contributed by atoms with Crippen molar-refractivity contribution in [3.8, 4) is 0 Å². The van der Waals surface area contributed by atoms with Crippen LogP contribution in [-0.2, 0) is 0 Å². The van der Waals surface area contributed by atoms with E-state index in [1.807, 2.05) is 0 Å². The number of aliphatic hydroxyl groups is 3. The van der Waals surface area contributed by atoms with Crippen molar-refractivity contribution in [1.29, 1.82) is 0 Å². The van der Waals surface area contributed by atoms with Gasteiger partial charge in [-0.2, -0.15) is 0 Å². The van der Waals surface area contributed by atoms with Crippen LogP contribution < -0.4 is 0 Å². The summed E-state index contributed by atoms with van der Waals surface area (Å²) >= 11 is 0. The zero-order valence-corrected chi connectivity index (χ0v) is 6.14. The van der Waals surface area contributed by atoms with Gasteiger partial charge in [-0.05, 0) is 13.8 Å². The first-order chi connectivity index (χ1) is 3.42. The molecule has 0 bridgehead atoms. The summed E-state index contributed by atoms with van der Waals surface area (Å²) in [4.78, 5) is 0. The molecule has 0 radical (unpaired) electrons. The highest BCUT2D eigenvalue weighted by Crippen LogP contribution is 1.99. The Kier molecular flexibility index (Phi) is 4.99. The van der Waals surface area contributed by atoms with Crippen LogP contribution >= 0.6 is 12.4 Å². The fourth-order valence-electron chi connectivity index (χ4n) is 0.387. The summed E-state index contributed by atoms with van der Waals surface area (Å²) < 4.78 is 0. The van der Waals surface area contributed by atoms with Crippen molar-refractivity contribution in [2.75, 3.05) is 0 Å². The lowest BCUT2D eigenvalue weighted by Crippen LogP contribution is -2.23. The summed E-state index contributed by atoms with van der Waals surface area (Å²) in [6, 6.07) is 0. The van der Waals surface area contributed by atoms with Crippen molar-refractivity contribution >= 4 is 12.4 Å². The first-order valence-electron chi connectivity index (χ1n) is 2.25.